The van der Waals surface area contributed by atoms with E-state index >= 15 is 0 Å². The van der Waals surface area contributed by atoms with Crippen molar-refractivity contribution >= 4 is 17.9 Å². The molecule has 0 spiro atoms. The number of allylic oxidation sites excluding steroid dienone is 2. The first-order valence-electron chi connectivity index (χ1n) is 14.8. The van der Waals surface area contributed by atoms with Gasteiger partial charge in [-0.2, -0.15) is 0 Å². The van der Waals surface area contributed by atoms with Crippen LogP contribution in [0.2, 0.25) is 0 Å². The Kier molecular flexibility index (Phi) is 7.65. The first-order valence-corrected chi connectivity index (χ1v) is 14.8. The van der Waals surface area contributed by atoms with Gasteiger partial charge in [0.15, 0.2) is 0 Å². The van der Waals surface area contributed by atoms with Gasteiger partial charge in [-0.15, -0.1) is 0 Å². The van der Waals surface area contributed by atoms with Crippen LogP contribution >= 0.6 is 0 Å². The van der Waals surface area contributed by atoms with Crippen molar-refractivity contribution in [1.82, 2.24) is 9.80 Å². The van der Waals surface area contributed by atoms with Gasteiger partial charge in [-0.1, -0.05) is 65.8 Å². The summed E-state index contributed by atoms with van der Waals surface area (Å²) in [5.74, 6) is -0.158. The fraction of sp³-hybridized carbons (Fsp3) is 0.471. The third-order valence-corrected chi connectivity index (χ3v) is 9.50. The molecule has 210 valence electrons. The van der Waals surface area contributed by atoms with Gasteiger partial charge in [-0.05, 0) is 63.2 Å². The zero-order valence-electron chi connectivity index (χ0n) is 23.6. The van der Waals surface area contributed by atoms with Crippen LogP contribution < -0.4 is 0 Å². The summed E-state index contributed by atoms with van der Waals surface area (Å²) in [4.78, 5) is 31.6. The summed E-state index contributed by atoms with van der Waals surface area (Å²) in [5, 5.41) is 10.1. The first-order chi connectivity index (χ1) is 19.4. The number of nitrogens with zero attached hydrogens (tertiary/aromatic N) is 2. The first kappa shape index (κ1) is 27.0. The minimum Gasteiger partial charge on any atom is -0.507 e. The summed E-state index contributed by atoms with van der Waals surface area (Å²) in [7, 11) is 0. The van der Waals surface area contributed by atoms with E-state index in [0.29, 0.717) is 13.0 Å². The van der Waals surface area contributed by atoms with E-state index in [1.54, 1.807) is 11.0 Å². The van der Waals surface area contributed by atoms with Crippen LogP contribution in [0.1, 0.15) is 57.1 Å². The molecule has 6 nitrogen and oxygen atoms in total. The molecule has 1 N–H and O–H groups in total. The molecule has 6 rings (SSSR count). The van der Waals surface area contributed by atoms with Crippen molar-refractivity contribution in [2.75, 3.05) is 19.7 Å². The molecule has 4 aliphatic rings. The summed E-state index contributed by atoms with van der Waals surface area (Å²) >= 11 is 0. The van der Waals surface area contributed by atoms with Crippen molar-refractivity contribution in [3.8, 4) is 5.75 Å². The van der Waals surface area contributed by atoms with E-state index in [1.165, 1.54) is 22.3 Å². The van der Waals surface area contributed by atoms with Crippen LogP contribution in [-0.4, -0.2) is 58.6 Å². The second-order valence-electron chi connectivity index (χ2n) is 12.1. The minimum atomic E-state index is -0.281. The topological polar surface area (TPSA) is 70.1 Å². The molecular formula is C34H40N2O4. The number of aromatic hydroxyl groups is 1. The van der Waals surface area contributed by atoms with Crippen molar-refractivity contribution < 1.29 is 19.4 Å². The smallest absolute Gasteiger partial charge is 0.234 e. The quantitative estimate of drug-likeness (QED) is 0.367. The minimum absolute atomic E-state index is 0.00156. The van der Waals surface area contributed by atoms with Gasteiger partial charge in [-0.3, -0.25) is 19.4 Å². The molecule has 2 aromatic rings. The fourth-order valence-corrected chi connectivity index (χ4v) is 7.50. The van der Waals surface area contributed by atoms with Crippen LogP contribution in [0.3, 0.4) is 0 Å². The van der Waals surface area contributed by atoms with Crippen LogP contribution in [0.25, 0.3) is 6.08 Å². The number of carbonyl (C=O) groups excluding carboxylic acids is 2. The van der Waals surface area contributed by atoms with Crippen molar-refractivity contribution in [2.45, 2.75) is 64.6 Å². The van der Waals surface area contributed by atoms with Gasteiger partial charge in [0.1, 0.15) is 5.75 Å². The second kappa shape index (κ2) is 11.3. The van der Waals surface area contributed by atoms with E-state index in [1.807, 2.05) is 30.3 Å². The predicted octanol–water partition coefficient (Wildman–Crippen LogP) is 5.58. The molecule has 0 saturated carbocycles. The lowest BCUT2D eigenvalue weighted by Crippen LogP contribution is -2.47. The molecule has 1 aliphatic carbocycles. The average Bonchev–Trinajstić information content (AvgIpc) is 3.49. The molecule has 3 fully saturated rings. The molecule has 4 atom stereocenters. The summed E-state index contributed by atoms with van der Waals surface area (Å²) in [6, 6.07) is 17.8. The normalized spacial score (nSPS) is 27.9. The summed E-state index contributed by atoms with van der Waals surface area (Å²) in [5.41, 5.74) is 5.79. The number of phenolic OH excluding ortho intramolecular Hbond substituents is 1. The predicted molar refractivity (Wildman–Crippen MR) is 155 cm³/mol. The van der Waals surface area contributed by atoms with Crippen LogP contribution in [0, 0.1) is 17.8 Å². The third-order valence-electron chi connectivity index (χ3n) is 9.50. The Morgan fingerprint density at radius 3 is 2.48 bits per heavy atom. The molecule has 2 aromatic carbocycles. The molecular weight excluding hydrogens is 500 g/mol. The van der Waals surface area contributed by atoms with Gasteiger partial charge in [0.05, 0.1) is 24.5 Å². The Balaban J connectivity index is 1.10. The summed E-state index contributed by atoms with van der Waals surface area (Å²) < 4.78 is 6.31. The lowest BCUT2D eigenvalue weighted by Gasteiger charge is -2.36. The Morgan fingerprint density at radius 2 is 1.73 bits per heavy atom. The number of carbonyl (C=O) groups is 2. The highest BCUT2D eigenvalue weighted by atomic mass is 16.5. The maximum Gasteiger partial charge on any atom is 0.234 e. The molecule has 6 heteroatoms. The Bertz CT molecular complexity index is 1320. The number of fused-ring (bicyclic) bond motifs is 3. The van der Waals surface area contributed by atoms with E-state index in [4.69, 9.17) is 4.74 Å². The number of amides is 2. The van der Waals surface area contributed by atoms with Gasteiger partial charge >= 0.3 is 0 Å². The lowest BCUT2D eigenvalue weighted by atomic mass is 9.70. The maximum absolute atomic E-state index is 13.9. The van der Waals surface area contributed by atoms with E-state index in [2.05, 4.69) is 43.0 Å². The van der Waals surface area contributed by atoms with Crippen LogP contribution in [0.5, 0.6) is 5.75 Å². The van der Waals surface area contributed by atoms with Gasteiger partial charge in [0, 0.05) is 37.2 Å². The molecule has 3 aliphatic heterocycles. The van der Waals surface area contributed by atoms with E-state index in [9.17, 15) is 14.7 Å². The number of likely N-dealkylation sites (tertiary alicyclic amines) is 2. The molecule has 3 saturated heterocycles. The highest BCUT2D eigenvalue weighted by molar-refractivity contribution is 6.06. The van der Waals surface area contributed by atoms with Crippen molar-refractivity contribution in [3.05, 3.63) is 82.4 Å². The highest BCUT2D eigenvalue weighted by Gasteiger charge is 2.57. The Hall–Kier alpha value is -3.22. The molecule has 0 aromatic heterocycles. The third kappa shape index (κ3) is 5.15. The molecule has 0 bridgehead atoms. The molecule has 2 amide bonds. The van der Waals surface area contributed by atoms with Gasteiger partial charge in [-0.25, -0.2) is 0 Å². The number of rotatable bonds is 7. The number of phenols is 1. The summed E-state index contributed by atoms with van der Waals surface area (Å²) in [6.07, 6.45) is 6.04. The van der Waals surface area contributed by atoms with Gasteiger partial charge in [0.2, 0.25) is 11.8 Å². The lowest BCUT2D eigenvalue weighted by molar-refractivity contribution is -0.144. The van der Waals surface area contributed by atoms with Crippen LogP contribution in [0.4, 0.5) is 0 Å². The maximum atomic E-state index is 13.9. The fourth-order valence-electron chi connectivity index (χ4n) is 7.50. The monoisotopic (exact) mass is 540 g/mol. The number of ether oxygens (including phenoxy) is 1. The van der Waals surface area contributed by atoms with Crippen molar-refractivity contribution in [2.24, 2.45) is 17.8 Å². The number of piperidine rings is 1. The Morgan fingerprint density at radius 1 is 1.00 bits per heavy atom. The van der Waals surface area contributed by atoms with E-state index in [0.717, 1.165) is 50.9 Å². The zero-order valence-corrected chi connectivity index (χ0v) is 23.6. The average molecular weight is 541 g/mol. The number of hydrogen-bond donors (Lipinski definition) is 1. The molecule has 3 heterocycles. The molecule has 0 unspecified atom stereocenters. The number of benzene rings is 2. The SMILES string of the molecule is CC1=C2[C@@H](CC/C(C)=C/c3ccccc3O)OC[C@@H]2[C@@H]2C(=O)N(C3CCN(Cc4ccccc4)CC3)C(=O)[C@@H]2C1. The zero-order chi connectivity index (χ0) is 27.8. The number of hydrogen-bond acceptors (Lipinski definition) is 5. The van der Waals surface area contributed by atoms with E-state index in [-0.39, 0.29) is 47.5 Å². The van der Waals surface area contributed by atoms with E-state index < -0.39 is 0 Å². The summed E-state index contributed by atoms with van der Waals surface area (Å²) in [6.45, 7) is 7.44. The van der Waals surface area contributed by atoms with Crippen LogP contribution in [0.15, 0.2) is 71.3 Å². The Labute approximate surface area is 237 Å². The van der Waals surface area contributed by atoms with Crippen molar-refractivity contribution in [1.29, 1.82) is 0 Å². The second-order valence-corrected chi connectivity index (χ2v) is 12.1. The standard InChI is InChI=1S/C34H40N2O4/c1-22(18-25-10-6-7-11-29(25)37)12-13-30-31-23(2)19-27-32(28(31)21-40-30)34(39)36(33(27)38)26-14-16-35(17-15-26)20-24-8-4-3-5-9-24/h3-11,18,26-28,30,32,37H,12-17,19-21H2,1-2H3/b22-18+/t27-,28+,30-,32-/m1/s1. The number of para-hydroxylation sites is 1. The van der Waals surface area contributed by atoms with Gasteiger partial charge < -0.3 is 9.84 Å². The molecule has 40 heavy (non-hydrogen) atoms. The molecule has 0 radical (unpaired) electrons. The van der Waals surface area contributed by atoms with Crippen LogP contribution in [-0.2, 0) is 20.9 Å². The number of imide groups is 1. The highest BCUT2D eigenvalue weighted by Crippen LogP contribution is 2.50. The largest absolute Gasteiger partial charge is 0.507 e. The van der Waals surface area contributed by atoms with Crippen molar-refractivity contribution in [3.63, 3.8) is 0 Å². The van der Waals surface area contributed by atoms with Gasteiger partial charge in [0.25, 0.3) is 0 Å².